The van der Waals surface area contributed by atoms with Gasteiger partial charge < -0.3 is 24.6 Å². The Hall–Kier alpha value is -3.81. The van der Waals surface area contributed by atoms with Crippen LogP contribution < -0.4 is 9.47 Å². The Labute approximate surface area is 185 Å². The van der Waals surface area contributed by atoms with Crippen molar-refractivity contribution in [2.24, 2.45) is 0 Å². The molecular formula is C24H25NO7. The number of benzene rings is 2. The van der Waals surface area contributed by atoms with Gasteiger partial charge in [0.1, 0.15) is 17.3 Å². The number of carbonyl (C=O) groups is 3. The van der Waals surface area contributed by atoms with Gasteiger partial charge in [-0.1, -0.05) is 29.8 Å². The Morgan fingerprint density at radius 1 is 1.03 bits per heavy atom. The van der Waals surface area contributed by atoms with Crippen LogP contribution in [0.3, 0.4) is 0 Å². The van der Waals surface area contributed by atoms with Crippen LogP contribution in [-0.2, 0) is 14.4 Å². The zero-order chi connectivity index (χ0) is 23.4. The highest BCUT2D eigenvalue weighted by molar-refractivity contribution is 6.46. The number of aryl methyl sites for hydroxylation is 1. The number of ether oxygens (including phenoxy) is 2. The molecule has 8 heteroatoms. The number of carboxylic acids is 1. The zero-order valence-electron chi connectivity index (χ0n) is 18.1. The minimum Gasteiger partial charge on any atom is -0.507 e. The van der Waals surface area contributed by atoms with E-state index in [1.807, 2.05) is 6.92 Å². The van der Waals surface area contributed by atoms with Gasteiger partial charge in [0.05, 0.1) is 25.8 Å². The third kappa shape index (κ3) is 4.44. The fourth-order valence-electron chi connectivity index (χ4n) is 3.75. The van der Waals surface area contributed by atoms with Crippen molar-refractivity contribution in [2.75, 3.05) is 20.8 Å². The van der Waals surface area contributed by atoms with Crippen molar-refractivity contribution in [1.29, 1.82) is 0 Å². The number of carboxylic acid groups (broad SMARTS) is 1. The second-order valence-corrected chi connectivity index (χ2v) is 7.46. The summed E-state index contributed by atoms with van der Waals surface area (Å²) in [6.07, 6.45) is -0.0152. The molecule has 0 unspecified atom stereocenters. The molecule has 168 valence electrons. The lowest BCUT2D eigenvalue weighted by Crippen LogP contribution is -2.31. The summed E-state index contributed by atoms with van der Waals surface area (Å²) in [6.45, 7) is 1.92. The lowest BCUT2D eigenvalue weighted by Gasteiger charge is -2.26. The Morgan fingerprint density at radius 2 is 1.72 bits per heavy atom. The Balaban J connectivity index is 2.19. The molecule has 1 atom stereocenters. The first-order valence-corrected chi connectivity index (χ1v) is 10.1. The smallest absolute Gasteiger partial charge is 0.303 e. The van der Waals surface area contributed by atoms with Gasteiger partial charge in [-0.3, -0.25) is 14.4 Å². The van der Waals surface area contributed by atoms with Crippen molar-refractivity contribution in [3.8, 4) is 11.5 Å². The van der Waals surface area contributed by atoms with Crippen LogP contribution in [0.4, 0.5) is 0 Å². The fourth-order valence-corrected chi connectivity index (χ4v) is 3.75. The van der Waals surface area contributed by atoms with Crippen LogP contribution in [0.2, 0.25) is 0 Å². The van der Waals surface area contributed by atoms with Gasteiger partial charge in [-0.25, -0.2) is 0 Å². The Morgan fingerprint density at radius 3 is 2.31 bits per heavy atom. The van der Waals surface area contributed by atoms with E-state index in [2.05, 4.69) is 0 Å². The topological polar surface area (TPSA) is 113 Å². The molecule has 1 aliphatic heterocycles. The van der Waals surface area contributed by atoms with Crippen molar-refractivity contribution in [2.45, 2.75) is 25.8 Å². The molecule has 32 heavy (non-hydrogen) atoms. The van der Waals surface area contributed by atoms with E-state index < -0.39 is 23.7 Å². The zero-order valence-corrected chi connectivity index (χ0v) is 18.1. The molecule has 2 aromatic carbocycles. The lowest BCUT2D eigenvalue weighted by molar-refractivity contribution is -0.140. The minimum atomic E-state index is -1.00. The van der Waals surface area contributed by atoms with Crippen molar-refractivity contribution >= 4 is 23.4 Å². The molecule has 1 fully saturated rings. The van der Waals surface area contributed by atoms with Crippen LogP contribution in [0.1, 0.15) is 35.6 Å². The van der Waals surface area contributed by atoms with E-state index in [1.54, 1.807) is 42.5 Å². The normalized spacial score (nSPS) is 17.5. The number of aliphatic hydroxyl groups excluding tert-OH is 1. The second kappa shape index (κ2) is 9.55. The number of rotatable bonds is 8. The largest absolute Gasteiger partial charge is 0.507 e. The molecule has 2 aromatic rings. The highest BCUT2D eigenvalue weighted by Gasteiger charge is 2.47. The molecule has 0 aromatic heterocycles. The van der Waals surface area contributed by atoms with Gasteiger partial charge in [-0.2, -0.15) is 0 Å². The standard InChI is InChI=1S/C24H25NO7/c1-14-6-8-15(9-7-14)22(28)20-21(17-13-16(31-2)10-11-18(17)32-3)25(24(30)23(20)29)12-4-5-19(26)27/h6-11,13,21,28H,4-5,12H2,1-3H3,(H,26,27)/t21-/m1/s1. The average Bonchev–Trinajstić information content (AvgIpc) is 3.03. The van der Waals surface area contributed by atoms with Crippen LogP contribution in [0.5, 0.6) is 11.5 Å². The van der Waals surface area contributed by atoms with E-state index in [9.17, 15) is 19.5 Å². The van der Waals surface area contributed by atoms with E-state index in [0.29, 0.717) is 22.6 Å². The number of hydrogen-bond acceptors (Lipinski definition) is 6. The predicted octanol–water partition coefficient (Wildman–Crippen LogP) is 3.30. The number of ketones is 1. The number of likely N-dealkylation sites (tertiary alicyclic amines) is 1. The van der Waals surface area contributed by atoms with Gasteiger partial charge >= 0.3 is 5.97 Å². The van der Waals surface area contributed by atoms with Crippen LogP contribution in [0.15, 0.2) is 48.0 Å². The summed E-state index contributed by atoms with van der Waals surface area (Å²) < 4.78 is 10.8. The monoisotopic (exact) mass is 439 g/mol. The highest BCUT2D eigenvalue weighted by Crippen LogP contribution is 2.44. The van der Waals surface area contributed by atoms with Gasteiger partial charge in [0.25, 0.3) is 11.7 Å². The molecule has 0 saturated carbocycles. The van der Waals surface area contributed by atoms with Gasteiger partial charge in [0, 0.05) is 24.1 Å². The molecular weight excluding hydrogens is 414 g/mol. The van der Waals surface area contributed by atoms with Gasteiger partial charge in [0.15, 0.2) is 0 Å². The quantitative estimate of drug-likeness (QED) is 0.369. The summed E-state index contributed by atoms with van der Waals surface area (Å²) in [4.78, 5) is 38.2. The SMILES string of the molecule is COc1ccc(OC)c([C@@H]2C(=C(O)c3ccc(C)cc3)C(=O)C(=O)N2CCCC(=O)O)c1. The van der Waals surface area contributed by atoms with E-state index >= 15 is 0 Å². The number of hydrogen-bond donors (Lipinski definition) is 2. The number of aliphatic carboxylic acids is 1. The maximum Gasteiger partial charge on any atom is 0.303 e. The molecule has 0 radical (unpaired) electrons. The number of carbonyl (C=O) groups excluding carboxylic acids is 2. The van der Waals surface area contributed by atoms with Crippen LogP contribution in [0.25, 0.3) is 5.76 Å². The summed E-state index contributed by atoms with van der Waals surface area (Å²) in [5, 5.41) is 20.1. The average molecular weight is 439 g/mol. The molecule has 8 nitrogen and oxygen atoms in total. The van der Waals surface area contributed by atoms with Crippen molar-refractivity contribution < 1.29 is 34.1 Å². The number of aliphatic hydroxyl groups is 1. The first kappa shape index (κ1) is 22.9. The van der Waals surface area contributed by atoms with Crippen molar-refractivity contribution in [3.63, 3.8) is 0 Å². The summed E-state index contributed by atoms with van der Waals surface area (Å²) in [5.74, 6) is -2.08. The number of Topliss-reactive ketones (excluding diaryl/α,β-unsaturated/α-hetero) is 1. The maximum atomic E-state index is 13.0. The minimum absolute atomic E-state index is 0.0204. The highest BCUT2D eigenvalue weighted by atomic mass is 16.5. The van der Waals surface area contributed by atoms with Crippen molar-refractivity contribution in [1.82, 2.24) is 4.90 Å². The van der Waals surface area contributed by atoms with E-state index in [-0.39, 0.29) is 30.7 Å². The third-order valence-corrected chi connectivity index (χ3v) is 5.39. The molecule has 0 spiro atoms. The van der Waals surface area contributed by atoms with E-state index in [1.165, 1.54) is 19.1 Å². The molecule has 1 aliphatic rings. The lowest BCUT2D eigenvalue weighted by atomic mass is 9.94. The summed E-state index contributed by atoms with van der Waals surface area (Å²) in [7, 11) is 2.95. The molecule has 1 saturated heterocycles. The molecule has 1 amide bonds. The number of nitrogens with zero attached hydrogens (tertiary/aromatic N) is 1. The maximum absolute atomic E-state index is 13.0. The Kier molecular flexibility index (Phi) is 6.82. The van der Waals surface area contributed by atoms with E-state index in [4.69, 9.17) is 14.6 Å². The van der Waals surface area contributed by atoms with E-state index in [0.717, 1.165) is 5.56 Å². The van der Waals surface area contributed by atoms with Crippen LogP contribution >= 0.6 is 0 Å². The molecule has 3 rings (SSSR count). The first-order valence-electron chi connectivity index (χ1n) is 10.1. The molecule has 1 heterocycles. The van der Waals surface area contributed by atoms with Crippen LogP contribution in [-0.4, -0.2) is 53.5 Å². The van der Waals surface area contributed by atoms with Gasteiger partial charge in [-0.15, -0.1) is 0 Å². The second-order valence-electron chi connectivity index (χ2n) is 7.46. The Bertz CT molecular complexity index is 1070. The fraction of sp³-hybridized carbons (Fsp3) is 0.292. The summed E-state index contributed by atoms with van der Waals surface area (Å²) >= 11 is 0. The number of methoxy groups -OCH3 is 2. The van der Waals surface area contributed by atoms with Crippen LogP contribution in [0, 0.1) is 6.92 Å². The molecule has 0 aliphatic carbocycles. The summed E-state index contributed by atoms with van der Waals surface area (Å²) in [5.41, 5.74) is 1.74. The molecule has 0 bridgehead atoms. The summed E-state index contributed by atoms with van der Waals surface area (Å²) in [6, 6.07) is 10.9. The predicted molar refractivity (Wildman–Crippen MR) is 117 cm³/mol. The number of amides is 1. The molecule has 2 N–H and O–H groups in total. The van der Waals surface area contributed by atoms with Gasteiger partial charge in [0.2, 0.25) is 0 Å². The third-order valence-electron chi connectivity index (χ3n) is 5.39. The van der Waals surface area contributed by atoms with Crippen molar-refractivity contribution in [3.05, 3.63) is 64.7 Å². The van der Waals surface area contributed by atoms with Gasteiger partial charge in [-0.05, 0) is 31.5 Å². The first-order chi connectivity index (χ1) is 15.3.